The quantitative estimate of drug-likeness (QED) is 0.545. The van der Waals surface area contributed by atoms with Crippen LogP contribution in [0.3, 0.4) is 0 Å². The predicted octanol–water partition coefficient (Wildman–Crippen LogP) is 5.90. The highest BCUT2D eigenvalue weighted by Crippen LogP contribution is 2.48. The number of nitrogens with zero attached hydrogens (tertiary/aromatic N) is 2. The maximum Gasteiger partial charge on any atom is 0.214 e. The summed E-state index contributed by atoms with van der Waals surface area (Å²) in [5, 5.41) is 7.80. The van der Waals surface area contributed by atoms with Crippen molar-refractivity contribution >= 4 is 17.3 Å². The molecular formula is C24H21ClN2O2. The zero-order valence-electron chi connectivity index (χ0n) is 16.3. The zero-order chi connectivity index (χ0) is 20.0. The fourth-order valence-corrected chi connectivity index (χ4v) is 4.27. The number of halogens is 1. The lowest BCUT2D eigenvalue weighted by molar-refractivity contribution is -0.0194. The van der Waals surface area contributed by atoms with Crippen molar-refractivity contribution in [3.05, 3.63) is 94.0 Å². The molecule has 0 saturated heterocycles. The third-order valence-corrected chi connectivity index (χ3v) is 5.86. The number of hydrazone groups is 1. The van der Waals surface area contributed by atoms with E-state index in [1.54, 1.807) is 7.11 Å². The van der Waals surface area contributed by atoms with Crippen molar-refractivity contribution in [1.82, 2.24) is 5.01 Å². The highest BCUT2D eigenvalue weighted by atomic mass is 35.5. The molecule has 0 fully saturated rings. The van der Waals surface area contributed by atoms with Gasteiger partial charge < -0.3 is 9.47 Å². The van der Waals surface area contributed by atoms with E-state index in [9.17, 15) is 0 Å². The van der Waals surface area contributed by atoms with E-state index in [1.807, 2.05) is 42.5 Å². The summed E-state index contributed by atoms with van der Waals surface area (Å²) in [6.45, 7) is 2.11. The fraction of sp³-hybridized carbons (Fsp3) is 0.208. The van der Waals surface area contributed by atoms with Gasteiger partial charge in [-0.1, -0.05) is 35.9 Å². The molecule has 2 aliphatic heterocycles. The summed E-state index contributed by atoms with van der Waals surface area (Å²) in [4.78, 5) is 0. The van der Waals surface area contributed by atoms with Crippen LogP contribution in [0.5, 0.6) is 11.5 Å². The number of rotatable bonds is 3. The number of fused-ring (bicyclic) bond motifs is 3. The molecule has 3 aromatic rings. The van der Waals surface area contributed by atoms with Crippen molar-refractivity contribution in [1.29, 1.82) is 0 Å². The molecule has 2 heterocycles. The number of hydrogen-bond donors (Lipinski definition) is 0. The molecule has 0 bridgehead atoms. The summed E-state index contributed by atoms with van der Waals surface area (Å²) < 4.78 is 11.7. The Bertz CT molecular complexity index is 1090. The normalized spacial score (nSPS) is 19.8. The smallest absolute Gasteiger partial charge is 0.214 e. The van der Waals surface area contributed by atoms with E-state index in [0.29, 0.717) is 5.02 Å². The van der Waals surface area contributed by atoms with E-state index in [2.05, 4.69) is 36.2 Å². The van der Waals surface area contributed by atoms with Gasteiger partial charge in [-0.3, -0.25) is 0 Å². The van der Waals surface area contributed by atoms with Crippen LogP contribution in [-0.4, -0.2) is 17.8 Å². The van der Waals surface area contributed by atoms with E-state index >= 15 is 0 Å². The van der Waals surface area contributed by atoms with Crippen molar-refractivity contribution in [3.8, 4) is 11.5 Å². The highest BCUT2D eigenvalue weighted by Gasteiger charge is 2.41. The second-order valence-corrected chi connectivity index (χ2v) is 7.82. The van der Waals surface area contributed by atoms with Crippen LogP contribution in [0.2, 0.25) is 5.02 Å². The molecule has 0 N–H and O–H groups in total. The molecule has 146 valence electrons. The van der Waals surface area contributed by atoms with Gasteiger partial charge >= 0.3 is 0 Å². The largest absolute Gasteiger partial charge is 0.497 e. The Kier molecular flexibility index (Phi) is 4.44. The molecule has 5 heteroatoms. The Balaban J connectivity index is 1.59. The Morgan fingerprint density at radius 3 is 2.59 bits per heavy atom. The topological polar surface area (TPSA) is 34.1 Å². The minimum Gasteiger partial charge on any atom is -0.497 e. The molecule has 0 aliphatic carbocycles. The summed E-state index contributed by atoms with van der Waals surface area (Å²) in [5.74, 6) is 1.71. The van der Waals surface area contributed by atoms with Gasteiger partial charge in [-0.2, -0.15) is 5.10 Å². The lowest BCUT2D eigenvalue weighted by Gasteiger charge is -2.38. The molecule has 0 aromatic heterocycles. The first-order valence-electron chi connectivity index (χ1n) is 9.66. The summed E-state index contributed by atoms with van der Waals surface area (Å²) in [6, 6.07) is 22.3. The summed E-state index contributed by atoms with van der Waals surface area (Å²) in [5.41, 5.74) is 5.51. The van der Waals surface area contributed by atoms with Crippen LogP contribution in [0, 0.1) is 6.92 Å². The first-order chi connectivity index (χ1) is 14.1. The molecule has 0 spiro atoms. The molecule has 3 aromatic carbocycles. The molecule has 0 unspecified atom stereocenters. The van der Waals surface area contributed by atoms with Gasteiger partial charge in [0.25, 0.3) is 0 Å². The molecule has 0 radical (unpaired) electrons. The lowest BCUT2D eigenvalue weighted by Crippen LogP contribution is -2.34. The van der Waals surface area contributed by atoms with Crippen LogP contribution in [0.15, 0.2) is 71.8 Å². The summed E-state index contributed by atoms with van der Waals surface area (Å²) in [7, 11) is 1.67. The van der Waals surface area contributed by atoms with Gasteiger partial charge in [0, 0.05) is 22.6 Å². The SMILES string of the molecule is COc1ccc(C2=NN3[C@@H](C2)c2cc(Cl)ccc2O[C@H]3c2ccccc2C)cc1. The Labute approximate surface area is 175 Å². The number of benzene rings is 3. The Hall–Kier alpha value is -2.98. The monoisotopic (exact) mass is 404 g/mol. The fourth-order valence-electron chi connectivity index (χ4n) is 4.09. The van der Waals surface area contributed by atoms with Crippen molar-refractivity contribution in [3.63, 3.8) is 0 Å². The minimum absolute atomic E-state index is 0.0826. The molecule has 4 nitrogen and oxygen atoms in total. The third-order valence-electron chi connectivity index (χ3n) is 5.63. The van der Waals surface area contributed by atoms with Gasteiger partial charge in [0.15, 0.2) is 0 Å². The number of hydrogen-bond acceptors (Lipinski definition) is 4. The molecule has 2 atom stereocenters. The van der Waals surface area contributed by atoms with Gasteiger partial charge in [0.2, 0.25) is 6.23 Å². The van der Waals surface area contributed by atoms with Crippen LogP contribution in [0.1, 0.15) is 40.9 Å². The molecule has 0 amide bonds. The average Bonchev–Trinajstić information content (AvgIpc) is 3.20. The number of ether oxygens (including phenoxy) is 2. The second kappa shape index (κ2) is 7.12. The van der Waals surface area contributed by atoms with Crippen LogP contribution in [-0.2, 0) is 0 Å². The molecular weight excluding hydrogens is 384 g/mol. The molecule has 0 saturated carbocycles. The van der Waals surface area contributed by atoms with E-state index in [0.717, 1.165) is 40.3 Å². The molecule has 5 rings (SSSR count). The maximum atomic E-state index is 6.43. The predicted molar refractivity (Wildman–Crippen MR) is 115 cm³/mol. The van der Waals surface area contributed by atoms with Crippen molar-refractivity contribution in [2.24, 2.45) is 5.10 Å². The number of aryl methyl sites for hydroxylation is 1. The van der Waals surface area contributed by atoms with Gasteiger partial charge in [0.1, 0.15) is 11.5 Å². The summed E-state index contributed by atoms with van der Waals surface area (Å²) >= 11 is 6.31. The summed E-state index contributed by atoms with van der Waals surface area (Å²) in [6.07, 6.45) is 0.524. The average molecular weight is 405 g/mol. The van der Waals surface area contributed by atoms with Gasteiger partial charge in [0.05, 0.1) is 18.9 Å². The first kappa shape index (κ1) is 18.1. The van der Waals surface area contributed by atoms with Crippen molar-refractivity contribution < 1.29 is 9.47 Å². The number of methoxy groups -OCH3 is 1. The second-order valence-electron chi connectivity index (χ2n) is 7.38. The van der Waals surface area contributed by atoms with Gasteiger partial charge in [-0.05, 0) is 60.5 Å². The Morgan fingerprint density at radius 1 is 1.03 bits per heavy atom. The van der Waals surface area contributed by atoms with Crippen LogP contribution < -0.4 is 9.47 Å². The highest BCUT2D eigenvalue weighted by molar-refractivity contribution is 6.30. The maximum absolute atomic E-state index is 6.43. The molecule has 2 aliphatic rings. The molecule has 29 heavy (non-hydrogen) atoms. The lowest BCUT2D eigenvalue weighted by atomic mass is 9.95. The van der Waals surface area contributed by atoms with Crippen LogP contribution in [0.4, 0.5) is 0 Å². The standard InChI is InChI=1S/C24H21ClN2O2/c1-15-5-3-4-6-19(15)24-27-22(20-13-17(25)9-12-23(20)29-24)14-21(26-27)16-7-10-18(28-2)11-8-16/h3-13,22,24H,14H2,1-2H3/t22-,24-/m0/s1. The van der Waals surface area contributed by atoms with E-state index in [4.69, 9.17) is 26.2 Å². The van der Waals surface area contributed by atoms with E-state index in [1.165, 1.54) is 5.56 Å². The van der Waals surface area contributed by atoms with Crippen LogP contribution >= 0.6 is 11.6 Å². The minimum atomic E-state index is -0.273. The van der Waals surface area contributed by atoms with Crippen molar-refractivity contribution in [2.75, 3.05) is 7.11 Å². The van der Waals surface area contributed by atoms with Crippen molar-refractivity contribution in [2.45, 2.75) is 25.6 Å². The van der Waals surface area contributed by atoms with E-state index < -0.39 is 0 Å². The zero-order valence-corrected chi connectivity index (χ0v) is 17.1. The van der Waals surface area contributed by atoms with Gasteiger partial charge in [-0.25, -0.2) is 5.01 Å². The Morgan fingerprint density at radius 2 is 1.83 bits per heavy atom. The van der Waals surface area contributed by atoms with E-state index in [-0.39, 0.29) is 12.3 Å². The third kappa shape index (κ3) is 3.14. The van der Waals surface area contributed by atoms with Gasteiger partial charge in [-0.15, -0.1) is 0 Å². The first-order valence-corrected chi connectivity index (χ1v) is 10.0. The van der Waals surface area contributed by atoms with Crippen LogP contribution in [0.25, 0.3) is 0 Å².